The minimum Gasteiger partial charge on any atom is -0.481 e. The van der Waals surface area contributed by atoms with Crippen LogP contribution in [0.2, 0.25) is 10.0 Å². The van der Waals surface area contributed by atoms with Crippen LogP contribution in [0.4, 0.5) is 5.82 Å². The average Bonchev–Trinajstić information content (AvgIpc) is 3.39. The summed E-state index contributed by atoms with van der Waals surface area (Å²) < 4.78 is 7.94. The molecule has 0 aliphatic carbocycles. The number of anilines is 1. The Morgan fingerprint density at radius 3 is 2.84 bits per heavy atom. The first kappa shape index (κ1) is 22.3. The number of rotatable bonds is 7. The van der Waals surface area contributed by atoms with Crippen molar-refractivity contribution >= 4 is 61.8 Å². The molecule has 0 bridgehead atoms. The van der Waals surface area contributed by atoms with E-state index in [0.717, 1.165) is 30.0 Å². The fourth-order valence-corrected chi connectivity index (χ4v) is 4.68. The number of nitrogens with zero attached hydrogens (tertiary/aromatic N) is 5. The number of carboxylic acid groups (broad SMARTS) is 1. The maximum Gasteiger partial charge on any atom is 0.305 e. The van der Waals surface area contributed by atoms with Crippen LogP contribution >= 0.6 is 39.1 Å². The third kappa shape index (κ3) is 4.64. The summed E-state index contributed by atoms with van der Waals surface area (Å²) in [7, 11) is 0. The van der Waals surface area contributed by atoms with Crippen LogP contribution in [-0.4, -0.2) is 57.1 Å². The Morgan fingerprint density at radius 2 is 2.13 bits per heavy atom. The van der Waals surface area contributed by atoms with Crippen LogP contribution in [0, 0.1) is 11.8 Å². The molecular weight excluding hydrogens is 509 g/mol. The van der Waals surface area contributed by atoms with E-state index in [-0.39, 0.29) is 18.9 Å². The number of ether oxygens (including phenoxy) is 1. The van der Waals surface area contributed by atoms with Gasteiger partial charge in [-0.2, -0.15) is 5.10 Å². The van der Waals surface area contributed by atoms with E-state index in [1.165, 1.54) is 6.33 Å². The van der Waals surface area contributed by atoms with Gasteiger partial charge < -0.3 is 14.7 Å². The molecule has 0 spiro atoms. The Morgan fingerprint density at radius 1 is 1.32 bits per heavy atom. The maximum absolute atomic E-state index is 10.7. The van der Waals surface area contributed by atoms with Gasteiger partial charge in [0.25, 0.3) is 0 Å². The number of aliphatic carboxylic acids is 1. The van der Waals surface area contributed by atoms with Gasteiger partial charge in [-0.3, -0.25) is 4.79 Å². The number of carboxylic acids is 1. The van der Waals surface area contributed by atoms with Crippen LogP contribution in [0.3, 0.4) is 0 Å². The minimum absolute atomic E-state index is 0.00707. The molecule has 31 heavy (non-hydrogen) atoms. The van der Waals surface area contributed by atoms with E-state index < -0.39 is 5.97 Å². The molecule has 0 saturated carbocycles. The molecule has 0 unspecified atom stereocenters. The smallest absolute Gasteiger partial charge is 0.305 e. The van der Waals surface area contributed by atoms with Crippen molar-refractivity contribution in [2.75, 3.05) is 31.2 Å². The molecule has 164 valence electrons. The fourth-order valence-electron chi connectivity index (χ4n) is 3.75. The molecule has 1 N–H and O–H groups in total. The lowest BCUT2D eigenvalue weighted by Gasteiger charge is -2.20. The third-order valence-electron chi connectivity index (χ3n) is 5.45. The molecule has 11 heteroatoms. The summed E-state index contributed by atoms with van der Waals surface area (Å²) in [5, 5.41) is 14.6. The van der Waals surface area contributed by atoms with Gasteiger partial charge in [-0.15, -0.1) is 0 Å². The predicted molar refractivity (Wildman–Crippen MR) is 122 cm³/mol. The number of hydrogen-bond acceptors (Lipinski definition) is 6. The molecule has 3 heterocycles. The largest absolute Gasteiger partial charge is 0.481 e. The highest BCUT2D eigenvalue weighted by molar-refractivity contribution is 9.10. The fraction of sp³-hybridized carbons (Fsp3) is 0.400. The quantitative estimate of drug-likeness (QED) is 0.357. The second-order valence-electron chi connectivity index (χ2n) is 7.58. The summed E-state index contributed by atoms with van der Waals surface area (Å²) in [5.74, 6) is 0.536. The van der Waals surface area contributed by atoms with Crippen molar-refractivity contribution in [3.63, 3.8) is 0 Å². The molecule has 1 fully saturated rings. The zero-order valence-electron chi connectivity index (χ0n) is 16.6. The molecule has 1 aromatic carbocycles. The van der Waals surface area contributed by atoms with Crippen LogP contribution in [0.25, 0.3) is 16.6 Å². The highest BCUT2D eigenvalue weighted by atomic mass is 79.9. The highest BCUT2D eigenvalue weighted by Crippen LogP contribution is 2.40. The molecule has 2 aromatic heterocycles. The van der Waals surface area contributed by atoms with Gasteiger partial charge in [-0.05, 0) is 27.9 Å². The van der Waals surface area contributed by atoms with Crippen molar-refractivity contribution in [2.45, 2.75) is 13.3 Å². The van der Waals surface area contributed by atoms with Gasteiger partial charge in [0, 0.05) is 34.9 Å². The van der Waals surface area contributed by atoms with E-state index in [1.54, 1.807) is 11.0 Å². The Labute approximate surface area is 197 Å². The summed E-state index contributed by atoms with van der Waals surface area (Å²) >= 11 is 16.4. The van der Waals surface area contributed by atoms with Crippen LogP contribution < -0.4 is 4.90 Å². The second kappa shape index (κ2) is 9.28. The third-order valence-corrected chi connectivity index (χ3v) is 7.17. The Balaban J connectivity index is 1.66. The number of benzene rings is 1. The van der Waals surface area contributed by atoms with Crippen molar-refractivity contribution < 1.29 is 14.6 Å². The topological polar surface area (TPSA) is 93.4 Å². The molecule has 2 atom stereocenters. The van der Waals surface area contributed by atoms with Gasteiger partial charge >= 0.3 is 5.97 Å². The molecule has 0 amide bonds. The van der Waals surface area contributed by atoms with Gasteiger partial charge in [0.15, 0.2) is 0 Å². The SMILES string of the molecule is C[C@H]1CN(c2cc(-n3cncn3)c3cc(Br)c(Cl)c(Cl)c3n2)C[C@@H]1COCCC(=O)O. The number of hydrogen-bond donors (Lipinski definition) is 1. The average molecular weight is 529 g/mol. The molecule has 0 radical (unpaired) electrons. The van der Waals surface area contributed by atoms with E-state index in [2.05, 4.69) is 37.8 Å². The van der Waals surface area contributed by atoms with E-state index in [9.17, 15) is 4.79 Å². The molecule has 1 aliphatic heterocycles. The summed E-state index contributed by atoms with van der Waals surface area (Å²) in [6.07, 6.45) is 3.11. The second-order valence-corrected chi connectivity index (χ2v) is 9.19. The van der Waals surface area contributed by atoms with Crippen molar-refractivity contribution in [1.82, 2.24) is 19.7 Å². The van der Waals surface area contributed by atoms with Gasteiger partial charge in [0.2, 0.25) is 0 Å². The maximum atomic E-state index is 10.7. The zero-order chi connectivity index (χ0) is 22.1. The van der Waals surface area contributed by atoms with Gasteiger partial charge in [0.05, 0.1) is 40.9 Å². The standard InChI is InChI=1S/C20H20BrCl2N5O3/c1-11-6-27(7-12(11)8-31-3-2-17(29)30)16-5-15(28-10-24-9-25-28)13-4-14(21)18(22)19(23)20(13)26-16/h4-5,9-12H,2-3,6-8H2,1H3,(H,29,30)/t11-,12+/m0/s1. The van der Waals surface area contributed by atoms with E-state index >= 15 is 0 Å². The Kier molecular flexibility index (Phi) is 6.66. The lowest BCUT2D eigenvalue weighted by atomic mass is 9.99. The number of halogens is 3. The summed E-state index contributed by atoms with van der Waals surface area (Å²) in [4.78, 5) is 21.7. The first-order valence-electron chi connectivity index (χ1n) is 9.73. The van der Waals surface area contributed by atoms with Gasteiger partial charge in [-0.1, -0.05) is 30.1 Å². The molecule has 8 nitrogen and oxygen atoms in total. The monoisotopic (exact) mass is 527 g/mol. The van der Waals surface area contributed by atoms with Gasteiger partial charge in [0.1, 0.15) is 18.5 Å². The Hall–Kier alpha value is -1.94. The van der Waals surface area contributed by atoms with Crippen molar-refractivity contribution in [2.24, 2.45) is 11.8 Å². The van der Waals surface area contributed by atoms with Crippen molar-refractivity contribution in [3.05, 3.63) is 39.3 Å². The summed E-state index contributed by atoms with van der Waals surface area (Å²) in [5.41, 5.74) is 1.39. The van der Waals surface area contributed by atoms with Crippen molar-refractivity contribution in [1.29, 1.82) is 0 Å². The lowest BCUT2D eigenvalue weighted by molar-refractivity contribution is -0.138. The predicted octanol–water partition coefficient (Wildman–Crippen LogP) is 4.45. The van der Waals surface area contributed by atoms with Gasteiger partial charge in [-0.25, -0.2) is 14.6 Å². The van der Waals surface area contributed by atoms with Crippen LogP contribution in [0.5, 0.6) is 0 Å². The van der Waals surface area contributed by atoms with Crippen LogP contribution in [-0.2, 0) is 9.53 Å². The summed E-state index contributed by atoms with van der Waals surface area (Å²) in [6, 6.07) is 3.84. The number of pyridine rings is 1. The van der Waals surface area contributed by atoms with Crippen LogP contribution in [0.15, 0.2) is 29.3 Å². The molecule has 4 rings (SSSR count). The van der Waals surface area contributed by atoms with E-state index in [1.807, 2.05) is 12.1 Å². The molecule has 1 saturated heterocycles. The number of fused-ring (bicyclic) bond motifs is 1. The number of carbonyl (C=O) groups is 1. The molecule has 3 aromatic rings. The Bertz CT molecular complexity index is 1110. The molecular formula is C20H20BrCl2N5O3. The van der Waals surface area contributed by atoms with E-state index in [0.29, 0.717) is 32.6 Å². The molecule has 1 aliphatic rings. The van der Waals surface area contributed by atoms with Crippen molar-refractivity contribution in [3.8, 4) is 5.69 Å². The van der Waals surface area contributed by atoms with E-state index in [4.69, 9.17) is 38.0 Å². The first-order valence-corrected chi connectivity index (χ1v) is 11.3. The summed E-state index contributed by atoms with van der Waals surface area (Å²) in [6.45, 7) is 4.42. The highest BCUT2D eigenvalue weighted by Gasteiger charge is 2.31. The minimum atomic E-state index is -0.857. The lowest BCUT2D eigenvalue weighted by Crippen LogP contribution is -2.23. The zero-order valence-corrected chi connectivity index (χ0v) is 19.7. The first-order chi connectivity index (χ1) is 14.8. The van der Waals surface area contributed by atoms with Crippen LogP contribution in [0.1, 0.15) is 13.3 Å². The number of aromatic nitrogens is 4. The normalized spacial score (nSPS) is 18.8.